The van der Waals surface area contributed by atoms with Crippen LogP contribution >= 0.6 is 11.3 Å². The van der Waals surface area contributed by atoms with E-state index in [0.29, 0.717) is 11.5 Å². The molecular weight excluding hydrogens is 349 g/mol. The standard InChI is InChI=1S/C18H19F3N2OS/c1-4-11(9-12(5-2)18(19,20)21)16-22-17(24-23-16)15-14-8-6-7-13(14)10(3)25-15/h4-5,9,16,23H,2,6-8H2,1,3H3/b11-4+,12-9+. The Morgan fingerprint density at radius 1 is 1.36 bits per heavy atom. The highest BCUT2D eigenvalue weighted by atomic mass is 32.1. The third kappa shape index (κ3) is 3.43. The molecule has 3 nitrogen and oxygen atoms in total. The maximum absolute atomic E-state index is 12.9. The van der Waals surface area contributed by atoms with E-state index in [9.17, 15) is 13.2 Å². The molecule has 2 heterocycles. The molecule has 0 radical (unpaired) electrons. The molecule has 1 aromatic rings. The quantitative estimate of drug-likeness (QED) is 0.777. The first-order chi connectivity index (χ1) is 11.8. The second-order valence-electron chi connectivity index (χ2n) is 5.94. The van der Waals surface area contributed by atoms with E-state index < -0.39 is 17.9 Å². The zero-order valence-corrected chi connectivity index (χ0v) is 14.9. The third-order valence-electron chi connectivity index (χ3n) is 4.40. The number of hydrogen-bond donors (Lipinski definition) is 1. The molecule has 2 aliphatic rings. The highest BCUT2D eigenvalue weighted by Gasteiger charge is 2.33. The van der Waals surface area contributed by atoms with Crippen molar-refractivity contribution in [3.05, 3.63) is 56.8 Å². The third-order valence-corrected chi connectivity index (χ3v) is 5.58. The van der Waals surface area contributed by atoms with Gasteiger partial charge in [-0.1, -0.05) is 18.7 Å². The fourth-order valence-corrected chi connectivity index (χ4v) is 4.30. The summed E-state index contributed by atoms with van der Waals surface area (Å²) in [5.74, 6) is 0.459. The Balaban J connectivity index is 1.89. The molecule has 1 aliphatic carbocycles. The van der Waals surface area contributed by atoms with Gasteiger partial charge in [0.1, 0.15) is 0 Å². The van der Waals surface area contributed by atoms with E-state index in [0.717, 1.165) is 36.3 Å². The van der Waals surface area contributed by atoms with Gasteiger partial charge in [-0.05, 0) is 55.9 Å². The number of hydroxylamine groups is 1. The molecule has 1 atom stereocenters. The largest absolute Gasteiger partial charge is 0.416 e. The zero-order valence-electron chi connectivity index (χ0n) is 14.0. The lowest BCUT2D eigenvalue weighted by atomic mass is 10.1. The number of rotatable bonds is 4. The van der Waals surface area contributed by atoms with Gasteiger partial charge in [0.15, 0.2) is 6.17 Å². The van der Waals surface area contributed by atoms with Crippen LogP contribution in [0.3, 0.4) is 0 Å². The van der Waals surface area contributed by atoms with Crippen molar-refractivity contribution in [2.24, 2.45) is 4.99 Å². The molecule has 25 heavy (non-hydrogen) atoms. The summed E-state index contributed by atoms with van der Waals surface area (Å²) in [6, 6.07) is 0. The minimum atomic E-state index is -4.45. The average molecular weight is 368 g/mol. The maximum Gasteiger partial charge on any atom is 0.416 e. The van der Waals surface area contributed by atoms with Crippen LogP contribution in [0.5, 0.6) is 0 Å². The molecule has 0 saturated carbocycles. The number of alkyl halides is 3. The van der Waals surface area contributed by atoms with Crippen molar-refractivity contribution in [3.8, 4) is 0 Å². The minimum Gasteiger partial charge on any atom is -0.385 e. The van der Waals surface area contributed by atoms with Crippen LogP contribution in [0.4, 0.5) is 13.2 Å². The Morgan fingerprint density at radius 3 is 2.72 bits per heavy atom. The predicted octanol–water partition coefficient (Wildman–Crippen LogP) is 4.77. The molecule has 0 fully saturated rings. The number of halogens is 3. The Bertz CT molecular complexity index is 787. The first kappa shape index (κ1) is 17.9. The summed E-state index contributed by atoms with van der Waals surface area (Å²) in [5.41, 5.74) is 4.94. The van der Waals surface area contributed by atoms with Crippen molar-refractivity contribution in [3.63, 3.8) is 0 Å². The molecule has 7 heteroatoms. The van der Waals surface area contributed by atoms with E-state index in [4.69, 9.17) is 4.84 Å². The highest BCUT2D eigenvalue weighted by molar-refractivity contribution is 7.14. The molecule has 1 aliphatic heterocycles. The lowest BCUT2D eigenvalue weighted by Crippen LogP contribution is -2.23. The van der Waals surface area contributed by atoms with Gasteiger partial charge in [0.25, 0.3) is 5.90 Å². The summed E-state index contributed by atoms with van der Waals surface area (Å²) in [7, 11) is 0. The normalized spacial score (nSPS) is 21.2. The number of aliphatic imine (C=N–C) groups is 1. The van der Waals surface area contributed by atoms with Crippen LogP contribution in [0.15, 0.2) is 40.9 Å². The monoisotopic (exact) mass is 368 g/mol. The predicted molar refractivity (Wildman–Crippen MR) is 93.7 cm³/mol. The van der Waals surface area contributed by atoms with Gasteiger partial charge < -0.3 is 4.84 Å². The molecule has 0 bridgehead atoms. The minimum absolute atomic E-state index is 0.382. The highest BCUT2D eigenvalue weighted by Crippen LogP contribution is 2.36. The van der Waals surface area contributed by atoms with Gasteiger partial charge in [0, 0.05) is 4.88 Å². The summed E-state index contributed by atoms with van der Waals surface area (Å²) in [5, 5.41) is 0. The number of aryl methyl sites for hydroxylation is 1. The Morgan fingerprint density at radius 2 is 2.08 bits per heavy atom. The molecule has 0 saturated heterocycles. The molecule has 0 spiro atoms. The number of hydrogen-bond acceptors (Lipinski definition) is 4. The molecule has 134 valence electrons. The van der Waals surface area contributed by atoms with E-state index in [-0.39, 0.29) is 0 Å². The Kier molecular flexibility index (Phi) is 4.88. The zero-order chi connectivity index (χ0) is 18.2. The lowest BCUT2D eigenvalue weighted by Gasteiger charge is -2.11. The fraction of sp³-hybridized carbons (Fsp3) is 0.389. The molecule has 1 unspecified atom stereocenters. The van der Waals surface area contributed by atoms with Crippen molar-refractivity contribution in [2.45, 2.75) is 45.5 Å². The van der Waals surface area contributed by atoms with Crippen LogP contribution < -0.4 is 5.48 Å². The Hall–Kier alpha value is -1.86. The molecule has 0 aromatic carbocycles. The van der Waals surface area contributed by atoms with Crippen LogP contribution in [0.2, 0.25) is 0 Å². The van der Waals surface area contributed by atoms with Crippen LogP contribution in [-0.4, -0.2) is 18.2 Å². The van der Waals surface area contributed by atoms with Crippen molar-refractivity contribution in [1.29, 1.82) is 0 Å². The topological polar surface area (TPSA) is 33.6 Å². The van der Waals surface area contributed by atoms with Crippen LogP contribution in [-0.2, 0) is 17.7 Å². The second-order valence-corrected chi connectivity index (χ2v) is 7.17. The molecule has 0 amide bonds. The van der Waals surface area contributed by atoms with Crippen LogP contribution in [0.1, 0.15) is 34.2 Å². The fourth-order valence-electron chi connectivity index (χ4n) is 3.12. The van der Waals surface area contributed by atoms with E-state index in [2.05, 4.69) is 24.0 Å². The van der Waals surface area contributed by atoms with Gasteiger partial charge in [-0.15, -0.1) is 16.8 Å². The molecule has 3 rings (SSSR count). The first-order valence-electron chi connectivity index (χ1n) is 8.04. The van der Waals surface area contributed by atoms with Crippen molar-refractivity contribution < 1.29 is 18.0 Å². The van der Waals surface area contributed by atoms with Crippen molar-refractivity contribution in [2.75, 3.05) is 0 Å². The maximum atomic E-state index is 12.9. The van der Waals surface area contributed by atoms with Crippen LogP contribution in [0, 0.1) is 6.92 Å². The number of nitrogens with one attached hydrogen (secondary N) is 1. The van der Waals surface area contributed by atoms with Crippen LogP contribution in [0.25, 0.3) is 0 Å². The molecular formula is C18H19F3N2OS. The summed E-state index contributed by atoms with van der Waals surface area (Å²) in [6.45, 7) is 7.00. The van der Waals surface area contributed by atoms with E-state index in [1.54, 1.807) is 24.3 Å². The number of nitrogens with zero attached hydrogens (tertiary/aromatic N) is 1. The second kappa shape index (κ2) is 6.80. The summed E-state index contributed by atoms with van der Waals surface area (Å²) >= 11 is 1.63. The number of allylic oxidation sites excluding steroid dienone is 3. The smallest absolute Gasteiger partial charge is 0.385 e. The first-order valence-corrected chi connectivity index (χ1v) is 8.86. The van der Waals surface area contributed by atoms with Crippen molar-refractivity contribution >= 4 is 17.2 Å². The van der Waals surface area contributed by atoms with Gasteiger partial charge in [-0.25, -0.2) is 4.99 Å². The van der Waals surface area contributed by atoms with E-state index in [1.807, 2.05) is 0 Å². The van der Waals surface area contributed by atoms with E-state index >= 15 is 0 Å². The lowest BCUT2D eigenvalue weighted by molar-refractivity contribution is -0.0882. The van der Waals surface area contributed by atoms with Crippen molar-refractivity contribution in [1.82, 2.24) is 5.48 Å². The van der Waals surface area contributed by atoms with Gasteiger partial charge in [0.05, 0.1) is 10.5 Å². The molecule has 1 aromatic heterocycles. The summed E-state index contributed by atoms with van der Waals surface area (Å²) < 4.78 is 38.8. The average Bonchev–Trinajstić information content (AvgIpc) is 3.25. The van der Waals surface area contributed by atoms with E-state index in [1.165, 1.54) is 16.0 Å². The van der Waals surface area contributed by atoms with Gasteiger partial charge in [0.2, 0.25) is 0 Å². The number of fused-ring (bicyclic) bond motifs is 1. The SMILES string of the molecule is C=C/C(=C\C(=C/C)C1N=C(c2sc(C)c3c2CCC3)ON1)C(F)(F)F. The summed E-state index contributed by atoms with van der Waals surface area (Å²) in [6.07, 6.45) is 1.50. The summed E-state index contributed by atoms with van der Waals surface area (Å²) in [4.78, 5) is 12.2. The van der Waals surface area contributed by atoms with Gasteiger partial charge >= 0.3 is 6.18 Å². The molecule has 1 N–H and O–H groups in total. The Labute approximate surface area is 148 Å². The number of thiophene rings is 1. The van der Waals surface area contributed by atoms with Gasteiger partial charge in [-0.2, -0.15) is 13.2 Å². The van der Waals surface area contributed by atoms with Gasteiger partial charge in [-0.3, -0.25) is 0 Å².